The Bertz CT molecular complexity index is 190. The van der Waals surface area contributed by atoms with Crippen molar-refractivity contribution < 1.29 is 30.3 Å². The van der Waals surface area contributed by atoms with Crippen LogP contribution >= 0.6 is 0 Å². The van der Waals surface area contributed by atoms with E-state index in [1.807, 2.05) is 0 Å². The largest absolute Gasteiger partial charge is 0.481 e. The molecule has 6 heteroatoms. The van der Waals surface area contributed by atoms with Crippen LogP contribution in [0, 0.1) is 11.8 Å². The van der Waals surface area contributed by atoms with Gasteiger partial charge in [-0.2, -0.15) is 0 Å². The SMILES string of the molecule is CC(C)C(C(=O)O)C(O)C(O)C(O)O. The highest BCUT2D eigenvalue weighted by atomic mass is 16.5. The molecular formula is C8H16O6. The molecule has 0 saturated carbocycles. The van der Waals surface area contributed by atoms with E-state index in [9.17, 15) is 9.90 Å². The third kappa shape index (κ3) is 3.22. The number of aliphatic hydroxyl groups is 4. The number of aliphatic carboxylic acids is 1. The molecule has 0 aromatic rings. The minimum atomic E-state index is -2.15. The fraction of sp³-hybridized carbons (Fsp3) is 0.875. The first-order chi connectivity index (χ1) is 6.29. The molecule has 0 aromatic heterocycles. The Kier molecular flexibility index (Phi) is 5.00. The highest BCUT2D eigenvalue weighted by Crippen LogP contribution is 2.19. The molecule has 0 saturated heterocycles. The molecule has 3 atom stereocenters. The Hall–Kier alpha value is -0.690. The van der Waals surface area contributed by atoms with Crippen molar-refractivity contribution in [1.82, 2.24) is 0 Å². The highest BCUT2D eigenvalue weighted by Gasteiger charge is 2.36. The predicted molar refractivity (Wildman–Crippen MR) is 46.2 cm³/mol. The van der Waals surface area contributed by atoms with E-state index in [1.54, 1.807) is 13.8 Å². The van der Waals surface area contributed by atoms with Crippen LogP contribution in [0.4, 0.5) is 0 Å². The Balaban J connectivity index is 4.59. The summed E-state index contributed by atoms with van der Waals surface area (Å²) in [4.78, 5) is 10.7. The van der Waals surface area contributed by atoms with Gasteiger partial charge in [0, 0.05) is 0 Å². The summed E-state index contributed by atoms with van der Waals surface area (Å²) >= 11 is 0. The number of hydrogen-bond acceptors (Lipinski definition) is 5. The molecule has 0 bridgehead atoms. The zero-order chi connectivity index (χ0) is 11.5. The second kappa shape index (κ2) is 5.26. The van der Waals surface area contributed by atoms with Crippen LogP contribution in [0.25, 0.3) is 0 Å². The highest BCUT2D eigenvalue weighted by molar-refractivity contribution is 5.71. The predicted octanol–water partition coefficient (Wildman–Crippen LogP) is -1.62. The second-order valence-electron chi connectivity index (χ2n) is 3.50. The Labute approximate surface area is 81.4 Å². The van der Waals surface area contributed by atoms with Crippen LogP contribution in [0.2, 0.25) is 0 Å². The lowest BCUT2D eigenvalue weighted by Gasteiger charge is -2.27. The molecule has 0 radical (unpaired) electrons. The molecule has 3 unspecified atom stereocenters. The molecule has 14 heavy (non-hydrogen) atoms. The first-order valence-electron chi connectivity index (χ1n) is 4.24. The number of carboxylic acids is 1. The molecule has 0 aliphatic heterocycles. The monoisotopic (exact) mass is 208 g/mol. The van der Waals surface area contributed by atoms with Crippen LogP contribution in [0.3, 0.4) is 0 Å². The summed E-state index contributed by atoms with van der Waals surface area (Å²) in [5, 5.41) is 44.2. The summed E-state index contributed by atoms with van der Waals surface area (Å²) in [6, 6.07) is 0. The molecule has 84 valence electrons. The average Bonchev–Trinajstić information content (AvgIpc) is 2.01. The maximum absolute atomic E-state index is 10.7. The maximum atomic E-state index is 10.7. The second-order valence-corrected chi connectivity index (χ2v) is 3.50. The number of carbonyl (C=O) groups is 1. The standard InChI is InChI=1S/C8H16O6/c1-3(2)4(7(11)12)5(9)6(10)8(13)14/h3-6,8-10,13-14H,1-2H3,(H,11,12). The molecular weight excluding hydrogens is 192 g/mol. The summed E-state index contributed by atoms with van der Waals surface area (Å²) in [5.41, 5.74) is 0. The van der Waals surface area contributed by atoms with Crippen molar-refractivity contribution in [2.24, 2.45) is 11.8 Å². The third-order valence-electron chi connectivity index (χ3n) is 2.03. The van der Waals surface area contributed by atoms with Crippen molar-refractivity contribution in [2.45, 2.75) is 32.3 Å². The fourth-order valence-electron chi connectivity index (χ4n) is 1.21. The van der Waals surface area contributed by atoms with Crippen molar-refractivity contribution in [2.75, 3.05) is 0 Å². The minimum Gasteiger partial charge on any atom is -0.481 e. The van der Waals surface area contributed by atoms with Crippen LogP contribution in [0.1, 0.15) is 13.8 Å². The number of hydrogen-bond donors (Lipinski definition) is 5. The van der Waals surface area contributed by atoms with Gasteiger partial charge in [-0.3, -0.25) is 4.79 Å². The smallest absolute Gasteiger partial charge is 0.309 e. The quantitative estimate of drug-likeness (QED) is 0.346. The minimum absolute atomic E-state index is 0.420. The lowest BCUT2D eigenvalue weighted by atomic mass is 9.87. The summed E-state index contributed by atoms with van der Waals surface area (Å²) < 4.78 is 0. The zero-order valence-electron chi connectivity index (χ0n) is 8.03. The van der Waals surface area contributed by atoms with E-state index in [0.29, 0.717) is 0 Å². The summed E-state index contributed by atoms with van der Waals surface area (Å²) in [5.74, 6) is -2.94. The van der Waals surface area contributed by atoms with E-state index < -0.39 is 36.3 Å². The number of carboxylic acid groups (broad SMARTS) is 1. The van der Waals surface area contributed by atoms with Crippen molar-refractivity contribution in [3.05, 3.63) is 0 Å². The van der Waals surface area contributed by atoms with Gasteiger partial charge >= 0.3 is 5.97 Å². The van der Waals surface area contributed by atoms with Gasteiger partial charge < -0.3 is 25.5 Å². The molecule has 0 spiro atoms. The summed E-state index contributed by atoms with van der Waals surface area (Å²) in [6.07, 6.45) is -5.73. The van der Waals surface area contributed by atoms with Gasteiger partial charge in [0.1, 0.15) is 6.10 Å². The van der Waals surface area contributed by atoms with Gasteiger partial charge in [-0.15, -0.1) is 0 Å². The topological polar surface area (TPSA) is 118 Å². The lowest BCUT2D eigenvalue weighted by Crippen LogP contribution is -2.46. The van der Waals surface area contributed by atoms with Gasteiger partial charge in [-0.25, -0.2) is 0 Å². The van der Waals surface area contributed by atoms with E-state index in [1.165, 1.54) is 0 Å². The first kappa shape index (κ1) is 13.3. The van der Waals surface area contributed by atoms with Gasteiger partial charge in [-0.05, 0) is 5.92 Å². The maximum Gasteiger partial charge on any atom is 0.309 e. The molecule has 0 aliphatic carbocycles. The van der Waals surface area contributed by atoms with E-state index >= 15 is 0 Å². The van der Waals surface area contributed by atoms with E-state index in [4.69, 9.17) is 20.4 Å². The molecule has 6 nitrogen and oxygen atoms in total. The molecule has 0 amide bonds. The van der Waals surface area contributed by atoms with Gasteiger partial charge in [0.25, 0.3) is 0 Å². The van der Waals surface area contributed by atoms with Gasteiger partial charge in [0.2, 0.25) is 0 Å². The van der Waals surface area contributed by atoms with Crippen LogP contribution in [-0.4, -0.2) is 50.0 Å². The van der Waals surface area contributed by atoms with Gasteiger partial charge in [-0.1, -0.05) is 13.8 Å². The summed E-state index contributed by atoms with van der Waals surface area (Å²) in [7, 11) is 0. The van der Waals surface area contributed by atoms with Crippen molar-refractivity contribution in [3.63, 3.8) is 0 Å². The van der Waals surface area contributed by atoms with Gasteiger partial charge in [0.15, 0.2) is 6.29 Å². The molecule has 0 aliphatic rings. The van der Waals surface area contributed by atoms with Crippen LogP contribution in [0.15, 0.2) is 0 Å². The molecule has 0 rings (SSSR count). The normalized spacial score (nSPS) is 18.3. The molecule has 0 heterocycles. The number of aliphatic hydroxyl groups excluding tert-OH is 3. The van der Waals surface area contributed by atoms with E-state index in [0.717, 1.165) is 0 Å². The Morgan fingerprint density at radius 1 is 1.00 bits per heavy atom. The fourth-order valence-corrected chi connectivity index (χ4v) is 1.21. The van der Waals surface area contributed by atoms with Crippen molar-refractivity contribution >= 4 is 5.97 Å². The molecule has 0 aromatic carbocycles. The van der Waals surface area contributed by atoms with Crippen LogP contribution in [0.5, 0.6) is 0 Å². The van der Waals surface area contributed by atoms with Crippen molar-refractivity contribution in [1.29, 1.82) is 0 Å². The lowest BCUT2D eigenvalue weighted by molar-refractivity contribution is -0.180. The van der Waals surface area contributed by atoms with Crippen molar-refractivity contribution in [3.8, 4) is 0 Å². The number of rotatable bonds is 5. The molecule has 0 fully saturated rings. The molecule has 5 N–H and O–H groups in total. The van der Waals surface area contributed by atoms with Crippen LogP contribution < -0.4 is 0 Å². The summed E-state index contributed by atoms with van der Waals surface area (Å²) in [6.45, 7) is 3.11. The zero-order valence-corrected chi connectivity index (χ0v) is 8.03. The Morgan fingerprint density at radius 2 is 1.43 bits per heavy atom. The van der Waals surface area contributed by atoms with Crippen LogP contribution in [-0.2, 0) is 4.79 Å². The van der Waals surface area contributed by atoms with E-state index in [2.05, 4.69) is 0 Å². The first-order valence-corrected chi connectivity index (χ1v) is 4.24. The average molecular weight is 208 g/mol. The van der Waals surface area contributed by atoms with E-state index in [-0.39, 0.29) is 0 Å². The third-order valence-corrected chi connectivity index (χ3v) is 2.03. The van der Waals surface area contributed by atoms with Gasteiger partial charge in [0.05, 0.1) is 12.0 Å². The Morgan fingerprint density at radius 3 is 1.64 bits per heavy atom.